The fourth-order valence-corrected chi connectivity index (χ4v) is 2.82. The SMILES string of the molecule is CC=CC(=O)OCCCCCCOC(=O)c1c(C(=O)O)ccc2ccccc12. The molecular weight excluding hydrogens is 360 g/mol. The Kier molecular flexibility index (Phi) is 8.21. The van der Waals surface area contributed by atoms with Gasteiger partial charge in [0.05, 0.1) is 24.3 Å². The number of rotatable bonds is 10. The van der Waals surface area contributed by atoms with Crippen molar-refractivity contribution in [3.63, 3.8) is 0 Å². The number of benzene rings is 2. The Morgan fingerprint density at radius 1 is 0.929 bits per heavy atom. The minimum atomic E-state index is -1.16. The van der Waals surface area contributed by atoms with Crippen molar-refractivity contribution >= 4 is 28.7 Å². The minimum absolute atomic E-state index is 0.0633. The van der Waals surface area contributed by atoms with Crippen LogP contribution >= 0.6 is 0 Å². The van der Waals surface area contributed by atoms with Crippen LogP contribution < -0.4 is 0 Å². The number of fused-ring (bicyclic) bond motifs is 1. The smallest absolute Gasteiger partial charge is 0.339 e. The second-order valence-corrected chi connectivity index (χ2v) is 6.23. The van der Waals surface area contributed by atoms with Crippen LogP contribution in [0.5, 0.6) is 0 Å². The van der Waals surface area contributed by atoms with Crippen molar-refractivity contribution in [1.82, 2.24) is 0 Å². The lowest BCUT2D eigenvalue weighted by atomic mass is 9.99. The van der Waals surface area contributed by atoms with Gasteiger partial charge in [0.25, 0.3) is 0 Å². The third-order valence-electron chi connectivity index (χ3n) is 4.18. The predicted octanol–water partition coefficient (Wildman–Crippen LogP) is 4.37. The van der Waals surface area contributed by atoms with E-state index in [9.17, 15) is 19.5 Å². The van der Waals surface area contributed by atoms with Crippen molar-refractivity contribution in [2.75, 3.05) is 13.2 Å². The van der Waals surface area contributed by atoms with E-state index in [4.69, 9.17) is 9.47 Å². The second-order valence-electron chi connectivity index (χ2n) is 6.23. The maximum atomic E-state index is 12.5. The summed E-state index contributed by atoms with van der Waals surface area (Å²) in [6, 6.07) is 10.2. The fraction of sp³-hybridized carbons (Fsp3) is 0.318. The number of hydrogen-bond acceptors (Lipinski definition) is 5. The third kappa shape index (κ3) is 5.94. The molecule has 0 aliphatic rings. The van der Waals surface area contributed by atoms with Gasteiger partial charge in [0.2, 0.25) is 0 Å². The highest BCUT2D eigenvalue weighted by Gasteiger charge is 2.20. The van der Waals surface area contributed by atoms with Crippen molar-refractivity contribution in [3.05, 3.63) is 59.7 Å². The molecule has 0 saturated carbocycles. The lowest BCUT2D eigenvalue weighted by Gasteiger charge is -2.10. The Morgan fingerprint density at radius 3 is 2.29 bits per heavy atom. The number of hydrogen-bond donors (Lipinski definition) is 1. The molecule has 28 heavy (non-hydrogen) atoms. The van der Waals surface area contributed by atoms with E-state index in [2.05, 4.69) is 0 Å². The van der Waals surface area contributed by atoms with Crippen LogP contribution in [0.2, 0.25) is 0 Å². The Hall–Kier alpha value is -3.15. The molecule has 0 bridgehead atoms. The largest absolute Gasteiger partial charge is 0.478 e. The summed E-state index contributed by atoms with van der Waals surface area (Å²) < 4.78 is 10.3. The van der Waals surface area contributed by atoms with E-state index in [1.54, 1.807) is 31.2 Å². The molecule has 2 aromatic carbocycles. The summed E-state index contributed by atoms with van der Waals surface area (Å²) in [7, 11) is 0. The van der Waals surface area contributed by atoms with Crippen molar-refractivity contribution < 1.29 is 29.0 Å². The molecule has 0 fully saturated rings. The van der Waals surface area contributed by atoms with Gasteiger partial charge in [-0.2, -0.15) is 0 Å². The molecule has 0 aromatic heterocycles. The molecule has 0 aliphatic heterocycles. The number of carbonyl (C=O) groups is 3. The van der Waals surface area contributed by atoms with Crippen LogP contribution in [-0.4, -0.2) is 36.2 Å². The van der Waals surface area contributed by atoms with Crippen molar-refractivity contribution in [3.8, 4) is 0 Å². The summed E-state index contributed by atoms with van der Waals surface area (Å²) >= 11 is 0. The molecule has 0 heterocycles. The zero-order valence-corrected chi connectivity index (χ0v) is 15.8. The van der Waals surface area contributed by atoms with Crippen LogP contribution in [0.4, 0.5) is 0 Å². The Morgan fingerprint density at radius 2 is 1.61 bits per heavy atom. The van der Waals surface area contributed by atoms with Gasteiger partial charge in [0, 0.05) is 6.08 Å². The molecule has 2 aromatic rings. The summed E-state index contributed by atoms with van der Waals surface area (Å²) in [6.07, 6.45) is 6.05. The number of esters is 2. The van der Waals surface area contributed by atoms with Crippen LogP contribution in [0.15, 0.2) is 48.6 Å². The average Bonchev–Trinajstić information content (AvgIpc) is 2.69. The van der Waals surface area contributed by atoms with Gasteiger partial charge in [-0.3, -0.25) is 0 Å². The number of carboxylic acids is 1. The van der Waals surface area contributed by atoms with E-state index in [0.717, 1.165) is 24.6 Å². The van der Waals surface area contributed by atoms with Gasteiger partial charge in [-0.15, -0.1) is 0 Å². The highest BCUT2D eigenvalue weighted by Crippen LogP contribution is 2.23. The number of allylic oxidation sites excluding steroid dienone is 1. The van der Waals surface area contributed by atoms with Crippen LogP contribution in [-0.2, 0) is 14.3 Å². The van der Waals surface area contributed by atoms with Gasteiger partial charge < -0.3 is 14.6 Å². The molecule has 0 atom stereocenters. The van der Waals surface area contributed by atoms with E-state index in [1.807, 2.05) is 12.1 Å². The quantitative estimate of drug-likeness (QED) is 0.371. The molecule has 0 saturated heterocycles. The fourth-order valence-electron chi connectivity index (χ4n) is 2.82. The first-order chi connectivity index (χ1) is 13.5. The summed E-state index contributed by atoms with van der Waals surface area (Å²) in [5, 5.41) is 10.7. The lowest BCUT2D eigenvalue weighted by molar-refractivity contribution is -0.137. The van der Waals surface area contributed by atoms with Crippen LogP contribution in [0.25, 0.3) is 10.8 Å². The molecule has 0 amide bonds. The van der Waals surface area contributed by atoms with E-state index < -0.39 is 11.9 Å². The Labute approximate surface area is 163 Å². The molecule has 6 heteroatoms. The topological polar surface area (TPSA) is 89.9 Å². The molecular formula is C22H24O6. The van der Waals surface area contributed by atoms with Gasteiger partial charge in [0.15, 0.2) is 0 Å². The summed E-state index contributed by atoms with van der Waals surface area (Å²) in [4.78, 5) is 35.1. The van der Waals surface area contributed by atoms with Crippen LogP contribution in [0.3, 0.4) is 0 Å². The first kappa shape index (κ1) is 21.2. The van der Waals surface area contributed by atoms with E-state index in [1.165, 1.54) is 12.1 Å². The Bertz CT molecular complexity index is 868. The number of aromatic carboxylic acids is 1. The van der Waals surface area contributed by atoms with E-state index >= 15 is 0 Å². The molecule has 0 aliphatic carbocycles. The zero-order chi connectivity index (χ0) is 20.4. The lowest BCUT2D eigenvalue weighted by Crippen LogP contribution is -2.13. The van der Waals surface area contributed by atoms with Crippen LogP contribution in [0, 0.1) is 0 Å². The third-order valence-corrected chi connectivity index (χ3v) is 4.18. The van der Waals surface area contributed by atoms with Gasteiger partial charge in [-0.1, -0.05) is 36.4 Å². The van der Waals surface area contributed by atoms with Gasteiger partial charge in [-0.25, -0.2) is 14.4 Å². The molecule has 0 unspecified atom stereocenters. The minimum Gasteiger partial charge on any atom is -0.478 e. The monoisotopic (exact) mass is 384 g/mol. The van der Waals surface area contributed by atoms with Gasteiger partial charge >= 0.3 is 17.9 Å². The van der Waals surface area contributed by atoms with Gasteiger partial charge in [-0.05, 0) is 49.4 Å². The van der Waals surface area contributed by atoms with Gasteiger partial charge in [0.1, 0.15) is 0 Å². The van der Waals surface area contributed by atoms with E-state index in [0.29, 0.717) is 18.4 Å². The molecule has 0 radical (unpaired) electrons. The predicted molar refractivity (Wildman–Crippen MR) is 105 cm³/mol. The number of unbranched alkanes of at least 4 members (excludes halogenated alkanes) is 3. The zero-order valence-electron chi connectivity index (χ0n) is 15.8. The number of carboxylic acid groups (broad SMARTS) is 1. The van der Waals surface area contributed by atoms with Crippen molar-refractivity contribution in [1.29, 1.82) is 0 Å². The highest BCUT2D eigenvalue weighted by atomic mass is 16.5. The number of ether oxygens (including phenoxy) is 2. The second kappa shape index (κ2) is 10.9. The maximum Gasteiger partial charge on any atom is 0.339 e. The average molecular weight is 384 g/mol. The summed E-state index contributed by atoms with van der Waals surface area (Å²) in [5.41, 5.74) is 0.0214. The van der Waals surface area contributed by atoms with E-state index in [-0.39, 0.29) is 23.7 Å². The molecule has 6 nitrogen and oxygen atoms in total. The normalized spacial score (nSPS) is 10.9. The van der Waals surface area contributed by atoms with Crippen molar-refractivity contribution in [2.45, 2.75) is 32.6 Å². The van der Waals surface area contributed by atoms with Crippen LogP contribution in [0.1, 0.15) is 53.3 Å². The summed E-state index contributed by atoms with van der Waals surface area (Å²) in [5.74, 6) is -2.14. The first-order valence-corrected chi connectivity index (χ1v) is 9.26. The molecule has 148 valence electrons. The highest BCUT2D eigenvalue weighted by molar-refractivity contribution is 6.12. The maximum absolute atomic E-state index is 12.5. The van der Waals surface area contributed by atoms with Crippen molar-refractivity contribution in [2.24, 2.45) is 0 Å². The number of carbonyl (C=O) groups excluding carboxylic acids is 2. The molecule has 0 spiro atoms. The first-order valence-electron chi connectivity index (χ1n) is 9.26. The molecule has 1 N–H and O–H groups in total. The summed E-state index contributed by atoms with van der Waals surface area (Å²) in [6.45, 7) is 2.32. The Balaban J connectivity index is 1.83. The standard InChI is InChI=1S/C22H24O6/c1-2-9-19(23)27-14-7-3-4-8-15-28-22(26)20-17-11-6-5-10-16(17)12-13-18(20)21(24)25/h2,5-6,9-13H,3-4,7-8,14-15H2,1H3,(H,24,25). The molecule has 2 rings (SSSR count).